The summed E-state index contributed by atoms with van der Waals surface area (Å²) < 4.78 is 59.8. The third-order valence-corrected chi connectivity index (χ3v) is 5.98. The molecule has 1 N–H and O–H groups in total. The van der Waals surface area contributed by atoms with Gasteiger partial charge in [-0.3, -0.25) is 4.79 Å². The van der Waals surface area contributed by atoms with E-state index in [1.165, 1.54) is 35.0 Å². The van der Waals surface area contributed by atoms with E-state index in [-0.39, 0.29) is 24.4 Å². The second kappa shape index (κ2) is 9.69. The number of aromatic nitrogens is 3. The lowest BCUT2D eigenvalue weighted by atomic mass is 9.80. The van der Waals surface area contributed by atoms with Gasteiger partial charge in [-0.05, 0) is 61.7 Å². The molecule has 0 aliphatic heterocycles. The highest BCUT2D eigenvalue weighted by Crippen LogP contribution is 2.36. The van der Waals surface area contributed by atoms with Crippen molar-refractivity contribution in [2.45, 2.75) is 38.5 Å². The van der Waals surface area contributed by atoms with E-state index in [2.05, 4.69) is 10.1 Å². The Kier molecular flexibility index (Phi) is 6.81. The highest BCUT2D eigenvalue weighted by molar-refractivity contribution is 5.84. The molecule has 4 aromatic rings. The molecule has 10 heteroatoms. The first-order valence-electron chi connectivity index (χ1n) is 11.2. The summed E-state index contributed by atoms with van der Waals surface area (Å²) in [6, 6.07) is 11.9. The predicted molar refractivity (Wildman–Crippen MR) is 123 cm³/mol. The van der Waals surface area contributed by atoms with Crippen LogP contribution in [-0.4, -0.2) is 32.3 Å². The summed E-state index contributed by atoms with van der Waals surface area (Å²) in [5.41, 5.74) is -0.110. The molecule has 6 nitrogen and oxygen atoms in total. The van der Waals surface area contributed by atoms with Gasteiger partial charge in [0.2, 0.25) is 0 Å². The molecule has 0 spiro atoms. The summed E-state index contributed by atoms with van der Waals surface area (Å²) >= 11 is 0. The van der Waals surface area contributed by atoms with Crippen LogP contribution >= 0.6 is 0 Å². The van der Waals surface area contributed by atoms with Crippen molar-refractivity contribution in [2.75, 3.05) is 6.61 Å². The molecule has 0 aliphatic carbocycles. The van der Waals surface area contributed by atoms with Crippen molar-refractivity contribution in [1.29, 1.82) is 0 Å². The number of rotatable bonds is 7. The molecule has 0 saturated carbocycles. The van der Waals surface area contributed by atoms with E-state index in [9.17, 15) is 27.5 Å². The van der Waals surface area contributed by atoms with Gasteiger partial charge in [0.25, 0.3) is 0 Å². The first kappa shape index (κ1) is 25.3. The zero-order valence-electron chi connectivity index (χ0n) is 19.5. The van der Waals surface area contributed by atoms with E-state index in [0.717, 1.165) is 12.1 Å². The van der Waals surface area contributed by atoms with Crippen molar-refractivity contribution in [3.8, 4) is 11.1 Å². The van der Waals surface area contributed by atoms with Crippen LogP contribution in [0, 0.1) is 5.82 Å². The van der Waals surface area contributed by atoms with Gasteiger partial charge < -0.3 is 9.84 Å². The standard InChI is InChI=1S/C26H23F4N3O3/c1-3-36-24(35)25(2,14-16-5-4-6-19(27)13-16)21-11-12-31-23-22(20(15-34)32-33(21)23)17-7-9-18(10-8-17)26(28,29)30/h4-13,34H,3,14-15H2,1-2H3. The molecule has 2 heterocycles. The molecule has 1 unspecified atom stereocenters. The van der Waals surface area contributed by atoms with E-state index >= 15 is 0 Å². The van der Waals surface area contributed by atoms with Gasteiger partial charge >= 0.3 is 12.1 Å². The number of aliphatic hydroxyl groups is 1. The molecule has 2 aromatic heterocycles. The number of nitrogens with zero attached hydrogens (tertiary/aromatic N) is 3. The van der Waals surface area contributed by atoms with Gasteiger partial charge in [0, 0.05) is 6.20 Å². The monoisotopic (exact) mass is 501 g/mol. The smallest absolute Gasteiger partial charge is 0.416 e. The van der Waals surface area contributed by atoms with E-state index < -0.39 is 35.5 Å². The second-order valence-electron chi connectivity index (χ2n) is 8.48. The molecule has 0 aliphatic rings. The molecule has 0 saturated heterocycles. The first-order chi connectivity index (χ1) is 17.1. The van der Waals surface area contributed by atoms with Crippen molar-refractivity contribution >= 4 is 11.6 Å². The van der Waals surface area contributed by atoms with Crippen molar-refractivity contribution in [3.63, 3.8) is 0 Å². The molecule has 2 aromatic carbocycles. The van der Waals surface area contributed by atoms with Crippen LogP contribution < -0.4 is 0 Å². The quantitative estimate of drug-likeness (QED) is 0.281. The Hall–Kier alpha value is -3.79. The van der Waals surface area contributed by atoms with Gasteiger partial charge in [0.05, 0.1) is 35.7 Å². The highest BCUT2D eigenvalue weighted by Gasteiger charge is 2.40. The number of esters is 1. The minimum Gasteiger partial charge on any atom is -0.465 e. The van der Waals surface area contributed by atoms with Crippen LogP contribution in [0.25, 0.3) is 16.8 Å². The van der Waals surface area contributed by atoms with Gasteiger partial charge in [-0.2, -0.15) is 18.3 Å². The highest BCUT2D eigenvalue weighted by atomic mass is 19.4. The average Bonchev–Trinajstić information content (AvgIpc) is 3.22. The number of carbonyl (C=O) groups excluding carboxylic acids is 1. The number of carbonyl (C=O) groups is 1. The predicted octanol–water partition coefficient (Wildman–Crippen LogP) is 5.11. The molecule has 0 fully saturated rings. The number of hydrogen-bond acceptors (Lipinski definition) is 5. The minimum atomic E-state index is -4.50. The second-order valence-corrected chi connectivity index (χ2v) is 8.48. The van der Waals surface area contributed by atoms with Crippen LogP contribution in [0.2, 0.25) is 0 Å². The van der Waals surface area contributed by atoms with Crippen molar-refractivity contribution in [3.05, 3.63) is 89.1 Å². The number of alkyl halides is 3. The van der Waals surface area contributed by atoms with Gasteiger partial charge in [-0.15, -0.1) is 0 Å². The zero-order chi connectivity index (χ0) is 26.1. The number of aliphatic hydroxyl groups excluding tert-OH is 1. The normalized spacial score (nSPS) is 13.5. The molecular weight excluding hydrogens is 478 g/mol. The maximum absolute atomic E-state index is 13.9. The first-order valence-corrected chi connectivity index (χ1v) is 11.2. The van der Waals surface area contributed by atoms with Gasteiger partial charge in [-0.25, -0.2) is 13.9 Å². The summed E-state index contributed by atoms with van der Waals surface area (Å²) in [6.45, 7) is 2.91. The van der Waals surface area contributed by atoms with Crippen LogP contribution in [-0.2, 0) is 34.2 Å². The number of hydrogen-bond donors (Lipinski definition) is 1. The minimum absolute atomic E-state index is 0.0760. The molecule has 188 valence electrons. The molecule has 4 rings (SSSR count). The largest absolute Gasteiger partial charge is 0.465 e. The fraction of sp³-hybridized carbons (Fsp3) is 0.269. The lowest BCUT2D eigenvalue weighted by Crippen LogP contribution is -2.38. The van der Waals surface area contributed by atoms with Gasteiger partial charge in [-0.1, -0.05) is 24.3 Å². The number of benzene rings is 2. The molecule has 36 heavy (non-hydrogen) atoms. The zero-order valence-corrected chi connectivity index (χ0v) is 19.5. The summed E-state index contributed by atoms with van der Waals surface area (Å²) in [6.07, 6.45) is -2.97. The Morgan fingerprint density at radius 1 is 1.11 bits per heavy atom. The Morgan fingerprint density at radius 3 is 2.44 bits per heavy atom. The topological polar surface area (TPSA) is 76.7 Å². The van der Waals surface area contributed by atoms with Gasteiger partial charge in [0.1, 0.15) is 11.2 Å². The number of fused-ring (bicyclic) bond motifs is 1. The lowest BCUT2D eigenvalue weighted by molar-refractivity contribution is -0.149. The summed E-state index contributed by atoms with van der Waals surface area (Å²) in [5.74, 6) is -1.02. The van der Waals surface area contributed by atoms with Crippen LogP contribution in [0.4, 0.5) is 17.6 Å². The van der Waals surface area contributed by atoms with E-state index in [0.29, 0.717) is 22.4 Å². The van der Waals surface area contributed by atoms with Crippen molar-refractivity contribution < 1.29 is 32.2 Å². The number of ether oxygens (including phenoxy) is 1. The van der Waals surface area contributed by atoms with Crippen LogP contribution in [0.5, 0.6) is 0 Å². The Morgan fingerprint density at radius 2 is 1.83 bits per heavy atom. The van der Waals surface area contributed by atoms with E-state index in [4.69, 9.17) is 4.74 Å². The van der Waals surface area contributed by atoms with Gasteiger partial charge in [0.15, 0.2) is 5.65 Å². The summed E-state index contributed by atoms with van der Waals surface area (Å²) in [7, 11) is 0. The lowest BCUT2D eigenvalue weighted by Gasteiger charge is -2.28. The fourth-order valence-electron chi connectivity index (χ4n) is 4.25. The summed E-state index contributed by atoms with van der Waals surface area (Å²) in [5, 5.41) is 14.4. The molecule has 0 radical (unpaired) electrons. The maximum Gasteiger partial charge on any atom is 0.416 e. The van der Waals surface area contributed by atoms with Crippen molar-refractivity contribution in [1.82, 2.24) is 14.6 Å². The Balaban J connectivity index is 1.90. The third-order valence-electron chi connectivity index (χ3n) is 5.98. The van der Waals surface area contributed by atoms with E-state index in [1.54, 1.807) is 32.0 Å². The Labute approximate surface area is 204 Å². The third kappa shape index (κ3) is 4.68. The fourth-order valence-corrected chi connectivity index (χ4v) is 4.25. The summed E-state index contributed by atoms with van der Waals surface area (Å²) in [4.78, 5) is 17.6. The van der Waals surface area contributed by atoms with Crippen LogP contribution in [0.1, 0.15) is 36.4 Å². The molecular formula is C26H23F4N3O3. The molecule has 1 atom stereocenters. The van der Waals surface area contributed by atoms with Crippen LogP contribution in [0.15, 0.2) is 60.8 Å². The SMILES string of the molecule is CCOC(=O)C(C)(Cc1cccc(F)c1)c1ccnc2c(-c3ccc(C(F)(F)F)cc3)c(CO)nn12. The maximum atomic E-state index is 13.9. The van der Waals surface area contributed by atoms with Crippen molar-refractivity contribution in [2.24, 2.45) is 0 Å². The molecule has 0 amide bonds. The number of halogens is 4. The van der Waals surface area contributed by atoms with Crippen LogP contribution in [0.3, 0.4) is 0 Å². The molecule has 0 bridgehead atoms. The Bertz CT molecular complexity index is 1400. The van der Waals surface area contributed by atoms with E-state index in [1.807, 2.05) is 0 Å². The average molecular weight is 501 g/mol.